The van der Waals surface area contributed by atoms with Gasteiger partial charge in [-0.15, -0.1) is 0 Å². The molecule has 5 N–H and O–H groups in total. The Bertz CT molecular complexity index is 393. The molecule has 4 nitrogen and oxygen atoms in total. The van der Waals surface area contributed by atoms with E-state index >= 15 is 0 Å². The lowest BCUT2D eigenvalue weighted by atomic mass is 10.2. The minimum Gasteiger partial charge on any atom is -0.397 e. The number of rotatable bonds is 1. The van der Waals surface area contributed by atoms with Crippen molar-refractivity contribution >= 4 is 40.6 Å². The maximum Gasteiger partial charge on any atom is 0.0568 e. The van der Waals surface area contributed by atoms with Gasteiger partial charge < -0.3 is 21.7 Å². The third-order valence-electron chi connectivity index (χ3n) is 3.29. The van der Waals surface area contributed by atoms with E-state index in [1.54, 1.807) is 0 Å². The molecular weight excluding hydrogens is 288 g/mol. The monoisotopic (exact) mass is 312 g/mol. The minimum absolute atomic E-state index is 0.667. The number of nitrogens with one attached hydrogen (secondary N) is 1. The zero-order valence-corrected chi connectivity index (χ0v) is 13.4. The van der Waals surface area contributed by atoms with Crippen molar-refractivity contribution < 1.29 is 0 Å². The molecule has 2 heterocycles. The van der Waals surface area contributed by atoms with Gasteiger partial charge in [-0.1, -0.05) is 0 Å². The highest BCUT2D eigenvalue weighted by molar-refractivity contribution is 7.99. The second-order valence-electron chi connectivity index (χ2n) is 4.78. The Labute approximate surface area is 130 Å². The second kappa shape index (κ2) is 8.54. The van der Waals surface area contributed by atoms with Gasteiger partial charge in [0.25, 0.3) is 0 Å². The van der Waals surface area contributed by atoms with Gasteiger partial charge in [0.15, 0.2) is 0 Å². The van der Waals surface area contributed by atoms with E-state index < -0.39 is 0 Å². The molecule has 0 atom stereocenters. The molecule has 2 fully saturated rings. The van der Waals surface area contributed by atoms with Crippen molar-refractivity contribution in [2.45, 2.75) is 0 Å². The standard InChI is InChI=1S/C10H15N3S.C4H9NS/c11-9-2-1-8(7-10(9)12)13-3-5-14-6-4-13;1-3-6-4-2-5-1/h1-2,7H,3-6,11-12H2;5H,1-4H2. The van der Waals surface area contributed by atoms with E-state index in [0.29, 0.717) is 11.4 Å². The Balaban J connectivity index is 0.000000205. The van der Waals surface area contributed by atoms with Gasteiger partial charge >= 0.3 is 0 Å². The van der Waals surface area contributed by atoms with E-state index in [4.69, 9.17) is 11.5 Å². The second-order valence-corrected chi connectivity index (χ2v) is 7.22. The molecule has 0 saturated carbocycles. The number of anilines is 3. The molecule has 0 radical (unpaired) electrons. The van der Waals surface area contributed by atoms with Crippen molar-refractivity contribution in [1.82, 2.24) is 5.32 Å². The van der Waals surface area contributed by atoms with Gasteiger partial charge in [-0.25, -0.2) is 0 Å². The molecule has 1 aromatic rings. The first kappa shape index (κ1) is 15.7. The SMILES string of the molecule is C1CSCCN1.Nc1ccc(N2CCSCC2)cc1N. The normalized spacial score (nSPS) is 19.1. The average Bonchev–Trinajstić information content (AvgIpc) is 2.53. The predicted octanol–water partition coefficient (Wildman–Crippen LogP) is 1.73. The number of nitrogens with zero attached hydrogens (tertiary/aromatic N) is 1. The molecule has 2 saturated heterocycles. The summed E-state index contributed by atoms with van der Waals surface area (Å²) in [5.74, 6) is 5.01. The summed E-state index contributed by atoms with van der Waals surface area (Å²) in [6.07, 6.45) is 0. The molecule has 6 heteroatoms. The third-order valence-corrected chi connectivity index (χ3v) is 5.22. The minimum atomic E-state index is 0.667. The first-order valence-electron chi connectivity index (χ1n) is 7.03. The first-order valence-corrected chi connectivity index (χ1v) is 9.34. The summed E-state index contributed by atoms with van der Waals surface area (Å²) in [6.45, 7) is 4.64. The molecule has 0 bridgehead atoms. The molecule has 20 heavy (non-hydrogen) atoms. The highest BCUT2D eigenvalue weighted by atomic mass is 32.2. The van der Waals surface area contributed by atoms with Crippen LogP contribution >= 0.6 is 23.5 Å². The lowest BCUT2D eigenvalue weighted by Crippen LogP contribution is -2.32. The Morgan fingerprint density at radius 1 is 0.900 bits per heavy atom. The van der Waals surface area contributed by atoms with Crippen molar-refractivity contribution in [3.63, 3.8) is 0 Å². The molecule has 0 amide bonds. The van der Waals surface area contributed by atoms with Crippen LogP contribution in [0.4, 0.5) is 17.1 Å². The fourth-order valence-corrected chi connectivity index (χ4v) is 3.78. The van der Waals surface area contributed by atoms with Crippen LogP contribution in [0.5, 0.6) is 0 Å². The van der Waals surface area contributed by atoms with Gasteiger partial charge in [0.05, 0.1) is 11.4 Å². The smallest absolute Gasteiger partial charge is 0.0568 e. The van der Waals surface area contributed by atoms with Crippen molar-refractivity contribution in [3.8, 4) is 0 Å². The fraction of sp³-hybridized carbons (Fsp3) is 0.571. The summed E-state index contributed by atoms with van der Waals surface area (Å²) in [6, 6.07) is 5.89. The first-order chi connectivity index (χ1) is 9.77. The van der Waals surface area contributed by atoms with Crippen LogP contribution in [-0.4, -0.2) is 49.2 Å². The van der Waals surface area contributed by atoms with E-state index in [9.17, 15) is 0 Å². The van der Waals surface area contributed by atoms with E-state index in [-0.39, 0.29) is 0 Å². The van der Waals surface area contributed by atoms with E-state index in [0.717, 1.165) is 13.1 Å². The average molecular weight is 313 g/mol. The van der Waals surface area contributed by atoms with Crippen LogP contribution in [0.1, 0.15) is 0 Å². The lowest BCUT2D eigenvalue weighted by Gasteiger charge is -2.28. The van der Waals surface area contributed by atoms with Gasteiger partial charge in [0.2, 0.25) is 0 Å². The van der Waals surface area contributed by atoms with Crippen molar-refractivity contribution in [2.24, 2.45) is 0 Å². The molecule has 0 aromatic heterocycles. The highest BCUT2D eigenvalue weighted by Gasteiger charge is 2.11. The van der Waals surface area contributed by atoms with E-state index in [2.05, 4.69) is 10.2 Å². The zero-order chi connectivity index (χ0) is 14.2. The van der Waals surface area contributed by atoms with Crippen LogP contribution in [0.2, 0.25) is 0 Å². The summed E-state index contributed by atoms with van der Waals surface area (Å²) < 4.78 is 0. The summed E-state index contributed by atoms with van der Waals surface area (Å²) in [5.41, 5.74) is 14.0. The molecule has 1 aromatic carbocycles. The van der Waals surface area contributed by atoms with Crippen LogP contribution < -0.4 is 21.7 Å². The summed E-state index contributed by atoms with van der Waals surface area (Å²) in [4.78, 5) is 2.35. The number of thioether (sulfide) groups is 2. The molecular formula is C14H24N4S2. The fourth-order valence-electron chi connectivity index (χ4n) is 2.10. The molecule has 0 aliphatic carbocycles. The molecule has 0 unspecified atom stereocenters. The quantitative estimate of drug-likeness (QED) is 0.686. The van der Waals surface area contributed by atoms with Crippen molar-refractivity contribution in [2.75, 3.05) is 65.6 Å². The summed E-state index contributed by atoms with van der Waals surface area (Å²) in [5, 5.41) is 3.26. The summed E-state index contributed by atoms with van der Waals surface area (Å²) in [7, 11) is 0. The Morgan fingerprint density at radius 3 is 2.05 bits per heavy atom. The number of hydrogen-bond acceptors (Lipinski definition) is 6. The van der Waals surface area contributed by atoms with E-state index in [1.165, 1.54) is 41.8 Å². The number of nitrogen functional groups attached to an aromatic ring is 2. The number of hydrogen-bond donors (Lipinski definition) is 3. The molecule has 0 spiro atoms. The van der Waals surface area contributed by atoms with Gasteiger partial charge in [0, 0.05) is 54.9 Å². The van der Waals surface area contributed by atoms with E-state index in [1.807, 2.05) is 41.7 Å². The zero-order valence-electron chi connectivity index (χ0n) is 11.8. The maximum absolute atomic E-state index is 5.77. The van der Waals surface area contributed by atoms with Crippen LogP contribution in [0.25, 0.3) is 0 Å². The largest absolute Gasteiger partial charge is 0.397 e. The molecule has 112 valence electrons. The maximum atomic E-state index is 5.77. The van der Waals surface area contributed by atoms with Gasteiger partial charge in [0.1, 0.15) is 0 Å². The van der Waals surface area contributed by atoms with Crippen LogP contribution in [0.15, 0.2) is 18.2 Å². The number of benzene rings is 1. The topological polar surface area (TPSA) is 67.3 Å². The molecule has 2 aliphatic heterocycles. The third kappa shape index (κ3) is 5.00. The van der Waals surface area contributed by atoms with Crippen molar-refractivity contribution in [1.29, 1.82) is 0 Å². The predicted molar refractivity (Wildman–Crippen MR) is 95.0 cm³/mol. The molecule has 2 aliphatic rings. The highest BCUT2D eigenvalue weighted by Crippen LogP contribution is 2.24. The van der Waals surface area contributed by atoms with Crippen LogP contribution in [0.3, 0.4) is 0 Å². The van der Waals surface area contributed by atoms with Crippen LogP contribution in [0, 0.1) is 0 Å². The number of nitrogens with two attached hydrogens (primary N) is 2. The molecule has 3 rings (SSSR count). The van der Waals surface area contributed by atoms with Gasteiger partial charge in [-0.2, -0.15) is 23.5 Å². The Hall–Kier alpha value is -0.720. The lowest BCUT2D eigenvalue weighted by molar-refractivity contribution is 0.756. The van der Waals surface area contributed by atoms with Gasteiger partial charge in [-0.05, 0) is 18.2 Å². The summed E-state index contributed by atoms with van der Waals surface area (Å²) >= 11 is 4.04. The van der Waals surface area contributed by atoms with Crippen molar-refractivity contribution in [3.05, 3.63) is 18.2 Å². The Kier molecular flexibility index (Phi) is 6.69. The Morgan fingerprint density at radius 2 is 1.55 bits per heavy atom. The van der Waals surface area contributed by atoms with Crippen LogP contribution in [-0.2, 0) is 0 Å². The van der Waals surface area contributed by atoms with Gasteiger partial charge in [-0.3, -0.25) is 0 Å².